The van der Waals surface area contributed by atoms with Crippen molar-refractivity contribution in [2.75, 3.05) is 11.9 Å². The van der Waals surface area contributed by atoms with Crippen LogP contribution in [0.3, 0.4) is 0 Å². The van der Waals surface area contributed by atoms with E-state index in [1.165, 1.54) is 11.8 Å². The fraction of sp³-hybridized carbons (Fsp3) is 0.214. The van der Waals surface area contributed by atoms with Crippen LogP contribution in [0.5, 0.6) is 0 Å². The minimum atomic E-state index is -4.72. The Labute approximate surface area is 221 Å². The van der Waals surface area contributed by atoms with Crippen molar-refractivity contribution in [3.05, 3.63) is 101 Å². The van der Waals surface area contributed by atoms with E-state index in [-0.39, 0.29) is 5.56 Å². The van der Waals surface area contributed by atoms with Gasteiger partial charge in [0.2, 0.25) is 18.0 Å². The number of amides is 3. The zero-order valence-corrected chi connectivity index (χ0v) is 20.9. The molecule has 202 valence electrons. The molecule has 2 N–H and O–H groups in total. The second-order valence-corrected chi connectivity index (χ2v) is 8.94. The van der Waals surface area contributed by atoms with Gasteiger partial charge in [-0.15, -0.1) is 0 Å². The zero-order chi connectivity index (χ0) is 28.3. The Bertz CT molecular complexity index is 1440. The highest BCUT2D eigenvalue weighted by Gasteiger charge is 2.33. The number of likely N-dealkylation sites (N-methyl/N-ethyl adjacent to an activating group) is 1. The van der Waals surface area contributed by atoms with E-state index >= 15 is 0 Å². The highest BCUT2D eigenvalue weighted by Crippen LogP contribution is 2.30. The summed E-state index contributed by atoms with van der Waals surface area (Å²) in [5.74, 6) is -3.22. The number of benzene rings is 3. The molecule has 0 bridgehead atoms. The Balaban J connectivity index is 1.50. The molecule has 3 amide bonds. The predicted octanol–water partition coefficient (Wildman–Crippen LogP) is 3.85. The van der Waals surface area contributed by atoms with Crippen LogP contribution in [0.4, 0.5) is 23.2 Å². The van der Waals surface area contributed by atoms with E-state index < -0.39 is 53.9 Å². The van der Waals surface area contributed by atoms with E-state index in [9.17, 15) is 31.9 Å². The third-order valence-electron chi connectivity index (χ3n) is 6.17. The van der Waals surface area contributed by atoms with Gasteiger partial charge in [0.25, 0.3) is 5.91 Å². The Morgan fingerprint density at radius 1 is 1.03 bits per heavy atom. The van der Waals surface area contributed by atoms with Crippen molar-refractivity contribution in [3.63, 3.8) is 0 Å². The van der Waals surface area contributed by atoms with Crippen molar-refractivity contribution < 1.29 is 31.9 Å². The van der Waals surface area contributed by atoms with Gasteiger partial charge in [0.05, 0.1) is 23.4 Å². The predicted molar refractivity (Wildman–Crippen MR) is 137 cm³/mol. The Morgan fingerprint density at radius 2 is 1.69 bits per heavy atom. The number of para-hydroxylation sites is 1. The van der Waals surface area contributed by atoms with E-state index in [1.54, 1.807) is 19.2 Å². The molecule has 0 aliphatic carbocycles. The standard InChI is InChI=1S/C28H24F4N4O3/c1-16(33-23(37)14-18-12-13-19(15-21(18)29)28(30,31)32)26(38)35-25-27(39)36(2)22-11-7-6-10-20(22)24(34-25)17-8-4-3-5-9-17/h3-13,15-16,25H,14H2,1-2H3,(H,33,37)(H,35,38)/t16?,25-/m1/s1. The molecular weight excluding hydrogens is 516 g/mol. The van der Waals surface area contributed by atoms with Crippen LogP contribution in [-0.4, -0.2) is 42.7 Å². The lowest BCUT2D eigenvalue weighted by atomic mass is 10.0. The van der Waals surface area contributed by atoms with Crippen molar-refractivity contribution in [2.45, 2.75) is 31.7 Å². The first-order chi connectivity index (χ1) is 18.5. The number of halogens is 4. The van der Waals surface area contributed by atoms with Crippen LogP contribution < -0.4 is 15.5 Å². The van der Waals surface area contributed by atoms with Crippen LogP contribution in [0.2, 0.25) is 0 Å². The van der Waals surface area contributed by atoms with Crippen LogP contribution in [0.25, 0.3) is 0 Å². The number of fused-ring (bicyclic) bond motifs is 1. The first-order valence-corrected chi connectivity index (χ1v) is 11.9. The summed E-state index contributed by atoms with van der Waals surface area (Å²) in [6.07, 6.45) is -6.61. The number of rotatable bonds is 6. The normalized spacial score (nSPS) is 16.1. The van der Waals surface area contributed by atoms with Gasteiger partial charge in [-0.1, -0.05) is 54.6 Å². The monoisotopic (exact) mass is 540 g/mol. The minimum Gasteiger partial charge on any atom is -0.344 e. The number of aliphatic imine (C=N–C) groups is 1. The summed E-state index contributed by atoms with van der Waals surface area (Å²) in [5, 5.41) is 4.92. The van der Waals surface area contributed by atoms with Gasteiger partial charge >= 0.3 is 6.18 Å². The molecule has 1 aliphatic rings. The van der Waals surface area contributed by atoms with Crippen molar-refractivity contribution in [3.8, 4) is 0 Å². The van der Waals surface area contributed by atoms with Crippen molar-refractivity contribution in [1.82, 2.24) is 10.6 Å². The molecule has 0 radical (unpaired) electrons. The number of nitrogens with one attached hydrogen (secondary N) is 2. The molecule has 1 heterocycles. The molecule has 3 aromatic rings. The molecule has 0 saturated heterocycles. The van der Waals surface area contributed by atoms with E-state index in [1.807, 2.05) is 42.5 Å². The van der Waals surface area contributed by atoms with Crippen LogP contribution in [0.1, 0.15) is 29.2 Å². The lowest BCUT2D eigenvalue weighted by Crippen LogP contribution is -2.52. The summed E-state index contributed by atoms with van der Waals surface area (Å²) in [4.78, 5) is 44.6. The minimum absolute atomic E-state index is 0.261. The van der Waals surface area contributed by atoms with Gasteiger partial charge in [-0.2, -0.15) is 13.2 Å². The largest absolute Gasteiger partial charge is 0.416 e. The number of benzodiazepines with no additional fused rings is 1. The van der Waals surface area contributed by atoms with Crippen LogP contribution in [0, 0.1) is 5.82 Å². The molecule has 11 heteroatoms. The molecule has 0 fully saturated rings. The highest BCUT2D eigenvalue weighted by molar-refractivity contribution is 6.20. The summed E-state index contributed by atoms with van der Waals surface area (Å²) in [6, 6.07) is 17.0. The second-order valence-electron chi connectivity index (χ2n) is 8.94. The number of hydrogen-bond acceptors (Lipinski definition) is 4. The van der Waals surface area contributed by atoms with Crippen molar-refractivity contribution >= 4 is 29.1 Å². The fourth-order valence-electron chi connectivity index (χ4n) is 4.10. The summed E-state index contributed by atoms with van der Waals surface area (Å²) in [7, 11) is 1.56. The topological polar surface area (TPSA) is 90.9 Å². The fourth-order valence-corrected chi connectivity index (χ4v) is 4.10. The van der Waals surface area contributed by atoms with E-state index in [2.05, 4.69) is 15.6 Å². The van der Waals surface area contributed by atoms with Gasteiger partial charge < -0.3 is 15.5 Å². The van der Waals surface area contributed by atoms with Gasteiger partial charge in [-0.05, 0) is 30.7 Å². The molecule has 1 unspecified atom stereocenters. The summed E-state index contributed by atoms with van der Waals surface area (Å²) >= 11 is 0. The maximum atomic E-state index is 14.1. The second kappa shape index (κ2) is 11.1. The van der Waals surface area contributed by atoms with Crippen LogP contribution in [-0.2, 0) is 27.0 Å². The number of anilines is 1. The third-order valence-corrected chi connectivity index (χ3v) is 6.17. The molecule has 1 aliphatic heterocycles. The molecule has 0 spiro atoms. The van der Waals surface area contributed by atoms with E-state index in [0.717, 1.165) is 11.6 Å². The van der Waals surface area contributed by atoms with E-state index in [0.29, 0.717) is 29.1 Å². The Morgan fingerprint density at radius 3 is 2.36 bits per heavy atom. The lowest BCUT2D eigenvalue weighted by Gasteiger charge is -2.22. The highest BCUT2D eigenvalue weighted by atomic mass is 19.4. The summed E-state index contributed by atoms with van der Waals surface area (Å²) < 4.78 is 52.4. The zero-order valence-electron chi connectivity index (χ0n) is 20.9. The number of alkyl halides is 3. The molecule has 4 rings (SSSR count). The molecule has 3 aromatic carbocycles. The maximum Gasteiger partial charge on any atom is 0.416 e. The quantitative estimate of drug-likeness (QED) is 0.466. The number of carbonyl (C=O) groups is 3. The van der Waals surface area contributed by atoms with Crippen LogP contribution >= 0.6 is 0 Å². The first kappa shape index (κ1) is 27.5. The lowest BCUT2D eigenvalue weighted by molar-refractivity contribution is -0.137. The van der Waals surface area contributed by atoms with Gasteiger partial charge in [-0.3, -0.25) is 14.4 Å². The Kier molecular flexibility index (Phi) is 7.80. The maximum absolute atomic E-state index is 14.1. The molecule has 0 saturated carbocycles. The molecular formula is C28H24F4N4O3. The smallest absolute Gasteiger partial charge is 0.344 e. The SMILES string of the molecule is CC(NC(=O)Cc1ccc(C(F)(F)F)cc1F)C(=O)N[C@H]1N=C(c2ccccc2)c2ccccc2N(C)C1=O. The number of carbonyl (C=O) groups excluding carboxylic acids is 3. The van der Waals surface area contributed by atoms with Gasteiger partial charge in [0.15, 0.2) is 0 Å². The van der Waals surface area contributed by atoms with Gasteiger partial charge in [0, 0.05) is 18.2 Å². The Hall–Kier alpha value is -4.54. The molecule has 2 atom stereocenters. The molecule has 7 nitrogen and oxygen atoms in total. The summed E-state index contributed by atoms with van der Waals surface area (Å²) in [6.45, 7) is 1.36. The van der Waals surface area contributed by atoms with Crippen molar-refractivity contribution in [2.24, 2.45) is 4.99 Å². The number of nitrogens with zero attached hydrogens (tertiary/aromatic N) is 2. The molecule has 39 heavy (non-hydrogen) atoms. The van der Waals surface area contributed by atoms with Gasteiger partial charge in [0.1, 0.15) is 11.9 Å². The third kappa shape index (κ3) is 6.14. The average molecular weight is 541 g/mol. The first-order valence-electron chi connectivity index (χ1n) is 11.9. The van der Waals surface area contributed by atoms with E-state index in [4.69, 9.17) is 0 Å². The average Bonchev–Trinajstić information content (AvgIpc) is 3.00. The molecule has 0 aromatic heterocycles. The van der Waals surface area contributed by atoms with Crippen molar-refractivity contribution in [1.29, 1.82) is 0 Å². The number of hydrogen-bond donors (Lipinski definition) is 2. The van der Waals surface area contributed by atoms with Crippen LogP contribution in [0.15, 0.2) is 77.8 Å². The van der Waals surface area contributed by atoms with Gasteiger partial charge in [-0.25, -0.2) is 9.38 Å². The summed E-state index contributed by atoms with van der Waals surface area (Å²) in [5.41, 5.74) is 1.07.